The molecule has 66 valence electrons. The van der Waals surface area contributed by atoms with Gasteiger partial charge in [0.25, 0.3) is 0 Å². The minimum absolute atomic E-state index is 0.143. The van der Waals surface area contributed by atoms with Gasteiger partial charge in [0.2, 0.25) is 0 Å². The summed E-state index contributed by atoms with van der Waals surface area (Å²) in [5.74, 6) is 0. The molecule has 4 heteroatoms. The third-order valence-electron chi connectivity index (χ3n) is 1.59. The average Bonchev–Trinajstić information content (AvgIpc) is 2.15. The summed E-state index contributed by atoms with van der Waals surface area (Å²) in [6.07, 6.45) is 5.02. The molecule has 1 heterocycles. The lowest BCUT2D eigenvalue weighted by Crippen LogP contribution is -2.22. The van der Waals surface area contributed by atoms with Crippen molar-refractivity contribution in [3.63, 3.8) is 0 Å². The number of nitrogens with one attached hydrogen (secondary N) is 1. The normalized spacial score (nSPS) is 12.8. The van der Waals surface area contributed by atoms with Crippen molar-refractivity contribution in [1.82, 2.24) is 15.3 Å². The molecule has 1 atom stereocenters. The quantitative estimate of drug-likeness (QED) is 0.668. The number of hydrogen-bond acceptors (Lipinski definition) is 4. The molecule has 0 aromatic carbocycles. The molecular weight excluding hydrogens is 154 g/mol. The second-order valence-electron chi connectivity index (χ2n) is 2.53. The smallest absolute Gasteiger partial charge is 0.0753 e. The molecular formula is C8H13N3O. The highest BCUT2D eigenvalue weighted by Crippen LogP contribution is 2.04. The summed E-state index contributed by atoms with van der Waals surface area (Å²) < 4.78 is 0. The van der Waals surface area contributed by atoms with E-state index >= 15 is 0 Å². The molecule has 0 spiro atoms. The van der Waals surface area contributed by atoms with Crippen molar-refractivity contribution in [2.24, 2.45) is 0 Å². The Hall–Kier alpha value is -1.00. The minimum atomic E-state index is 0.143. The predicted octanol–water partition coefficient (Wildman–Crippen LogP) is 0.120. The van der Waals surface area contributed by atoms with Crippen molar-refractivity contribution in [2.75, 3.05) is 13.2 Å². The summed E-state index contributed by atoms with van der Waals surface area (Å²) in [4.78, 5) is 8.07. The van der Waals surface area contributed by atoms with Gasteiger partial charge in [0.05, 0.1) is 12.3 Å². The highest BCUT2D eigenvalue weighted by molar-refractivity contribution is 5.00. The second-order valence-corrected chi connectivity index (χ2v) is 2.53. The van der Waals surface area contributed by atoms with Crippen molar-refractivity contribution in [3.05, 3.63) is 24.3 Å². The molecule has 1 aromatic rings. The molecule has 0 amide bonds. The zero-order chi connectivity index (χ0) is 8.81. The van der Waals surface area contributed by atoms with E-state index in [1.165, 1.54) is 0 Å². The molecule has 0 aliphatic heterocycles. The average molecular weight is 167 g/mol. The summed E-state index contributed by atoms with van der Waals surface area (Å²) in [5.41, 5.74) is 0.894. The summed E-state index contributed by atoms with van der Waals surface area (Å²) in [7, 11) is 0. The molecule has 0 saturated heterocycles. The number of aliphatic hydroxyl groups excluding tert-OH is 1. The number of aromatic nitrogens is 2. The summed E-state index contributed by atoms with van der Waals surface area (Å²) in [6.45, 7) is 2.71. The van der Waals surface area contributed by atoms with Gasteiger partial charge in [-0.2, -0.15) is 0 Å². The Morgan fingerprint density at radius 1 is 1.58 bits per heavy atom. The van der Waals surface area contributed by atoms with Gasteiger partial charge in [0.1, 0.15) is 0 Å². The van der Waals surface area contributed by atoms with Gasteiger partial charge >= 0.3 is 0 Å². The largest absolute Gasteiger partial charge is 0.395 e. The SMILES string of the molecule is CC(NCCO)c1cnccn1. The van der Waals surface area contributed by atoms with Crippen LogP contribution in [0.25, 0.3) is 0 Å². The lowest BCUT2D eigenvalue weighted by molar-refractivity contribution is 0.286. The van der Waals surface area contributed by atoms with E-state index in [1.54, 1.807) is 18.6 Å². The predicted molar refractivity (Wildman–Crippen MR) is 45.5 cm³/mol. The molecule has 4 nitrogen and oxygen atoms in total. The first-order valence-electron chi connectivity index (χ1n) is 3.94. The van der Waals surface area contributed by atoms with Crippen LogP contribution in [0.5, 0.6) is 0 Å². The first-order chi connectivity index (χ1) is 5.84. The summed E-state index contributed by atoms with van der Waals surface area (Å²) in [6, 6.07) is 0.144. The highest BCUT2D eigenvalue weighted by atomic mass is 16.3. The van der Waals surface area contributed by atoms with Gasteiger partial charge in [-0.3, -0.25) is 9.97 Å². The fourth-order valence-corrected chi connectivity index (χ4v) is 0.920. The molecule has 0 bridgehead atoms. The lowest BCUT2D eigenvalue weighted by atomic mass is 10.2. The van der Waals surface area contributed by atoms with E-state index in [4.69, 9.17) is 5.11 Å². The third kappa shape index (κ3) is 2.56. The van der Waals surface area contributed by atoms with Crippen LogP contribution in [0.2, 0.25) is 0 Å². The Balaban J connectivity index is 2.48. The Bertz CT molecular complexity index is 215. The molecule has 0 aliphatic carbocycles. The number of rotatable bonds is 4. The van der Waals surface area contributed by atoms with Crippen LogP contribution in [0.15, 0.2) is 18.6 Å². The molecule has 2 N–H and O–H groups in total. The van der Waals surface area contributed by atoms with Crippen LogP contribution in [0, 0.1) is 0 Å². The van der Waals surface area contributed by atoms with E-state index in [0.29, 0.717) is 6.54 Å². The van der Waals surface area contributed by atoms with Gasteiger partial charge in [-0.05, 0) is 6.92 Å². The van der Waals surface area contributed by atoms with E-state index in [-0.39, 0.29) is 12.6 Å². The Labute approximate surface area is 71.7 Å². The van der Waals surface area contributed by atoms with Crippen molar-refractivity contribution >= 4 is 0 Å². The van der Waals surface area contributed by atoms with Crippen LogP contribution in [-0.4, -0.2) is 28.2 Å². The zero-order valence-corrected chi connectivity index (χ0v) is 7.07. The first kappa shape index (κ1) is 9.09. The van der Waals surface area contributed by atoms with Crippen LogP contribution < -0.4 is 5.32 Å². The Morgan fingerprint density at radius 3 is 3.00 bits per heavy atom. The topological polar surface area (TPSA) is 58.0 Å². The van der Waals surface area contributed by atoms with Crippen LogP contribution in [-0.2, 0) is 0 Å². The van der Waals surface area contributed by atoms with Gasteiger partial charge in [0, 0.05) is 31.2 Å². The van der Waals surface area contributed by atoms with E-state index in [1.807, 2.05) is 6.92 Å². The second kappa shape index (κ2) is 4.79. The number of nitrogens with zero attached hydrogens (tertiary/aromatic N) is 2. The fourth-order valence-electron chi connectivity index (χ4n) is 0.920. The van der Waals surface area contributed by atoms with Gasteiger partial charge in [-0.15, -0.1) is 0 Å². The molecule has 0 aliphatic rings. The monoisotopic (exact) mass is 167 g/mol. The molecule has 1 unspecified atom stereocenters. The van der Waals surface area contributed by atoms with Gasteiger partial charge in [-0.25, -0.2) is 0 Å². The Kier molecular flexibility index (Phi) is 3.63. The van der Waals surface area contributed by atoms with Crippen molar-refractivity contribution in [1.29, 1.82) is 0 Å². The summed E-state index contributed by atoms with van der Waals surface area (Å²) >= 11 is 0. The van der Waals surface area contributed by atoms with Crippen molar-refractivity contribution < 1.29 is 5.11 Å². The fraction of sp³-hybridized carbons (Fsp3) is 0.500. The molecule has 1 aromatic heterocycles. The van der Waals surface area contributed by atoms with Crippen molar-refractivity contribution in [3.8, 4) is 0 Å². The lowest BCUT2D eigenvalue weighted by Gasteiger charge is -2.10. The zero-order valence-electron chi connectivity index (χ0n) is 7.07. The van der Waals surface area contributed by atoms with Gasteiger partial charge in [-0.1, -0.05) is 0 Å². The van der Waals surface area contributed by atoms with Crippen LogP contribution in [0.4, 0.5) is 0 Å². The maximum Gasteiger partial charge on any atom is 0.0753 e. The van der Waals surface area contributed by atoms with Gasteiger partial charge in [0.15, 0.2) is 0 Å². The minimum Gasteiger partial charge on any atom is -0.395 e. The van der Waals surface area contributed by atoms with Gasteiger partial charge < -0.3 is 10.4 Å². The Morgan fingerprint density at radius 2 is 2.42 bits per heavy atom. The molecule has 0 saturated carbocycles. The summed E-state index contributed by atoms with van der Waals surface area (Å²) in [5, 5.41) is 11.7. The third-order valence-corrected chi connectivity index (χ3v) is 1.59. The number of hydrogen-bond donors (Lipinski definition) is 2. The van der Waals surface area contributed by atoms with Crippen LogP contribution in [0.3, 0.4) is 0 Å². The number of aliphatic hydroxyl groups is 1. The molecule has 0 fully saturated rings. The van der Waals surface area contributed by atoms with E-state index < -0.39 is 0 Å². The molecule has 12 heavy (non-hydrogen) atoms. The van der Waals surface area contributed by atoms with Crippen LogP contribution in [0.1, 0.15) is 18.7 Å². The molecule has 1 rings (SSSR count). The highest BCUT2D eigenvalue weighted by Gasteiger charge is 2.03. The van der Waals surface area contributed by atoms with E-state index in [2.05, 4.69) is 15.3 Å². The van der Waals surface area contributed by atoms with Crippen molar-refractivity contribution in [2.45, 2.75) is 13.0 Å². The van der Waals surface area contributed by atoms with E-state index in [9.17, 15) is 0 Å². The molecule has 0 radical (unpaired) electrons. The maximum absolute atomic E-state index is 8.56. The maximum atomic E-state index is 8.56. The standard InChI is InChI=1S/C8H13N3O/c1-7(10-4-5-12)8-6-9-2-3-11-8/h2-3,6-7,10,12H,4-5H2,1H3. The van der Waals surface area contributed by atoms with Crippen LogP contribution >= 0.6 is 0 Å². The first-order valence-corrected chi connectivity index (χ1v) is 3.94. The van der Waals surface area contributed by atoms with E-state index in [0.717, 1.165) is 5.69 Å².